The second kappa shape index (κ2) is 7.82. The summed E-state index contributed by atoms with van der Waals surface area (Å²) in [5.41, 5.74) is 4.61. The zero-order valence-corrected chi connectivity index (χ0v) is 6.68. The van der Waals surface area contributed by atoms with Crippen molar-refractivity contribution in [3.63, 3.8) is 0 Å². The second-order valence-corrected chi connectivity index (χ2v) is 1.74. The van der Waals surface area contributed by atoms with Crippen LogP contribution in [0.4, 0.5) is 0 Å². The summed E-state index contributed by atoms with van der Waals surface area (Å²) in [4.78, 5) is 0. The lowest BCUT2D eigenvalue weighted by Gasteiger charge is -1.99. The molecule has 0 atom stereocenters. The molecular weight excluding hydrogens is 126 g/mol. The summed E-state index contributed by atoms with van der Waals surface area (Å²) in [5.74, 6) is 1.38. The van der Waals surface area contributed by atoms with Gasteiger partial charge in [-0.2, -0.15) is 0 Å². The number of nitrogens with two attached hydrogens (primary N) is 1. The minimum Gasteiger partial charge on any atom is -0.468 e. The van der Waals surface area contributed by atoms with E-state index < -0.39 is 0 Å². The fourth-order valence-corrected chi connectivity index (χ4v) is 0.297. The van der Waals surface area contributed by atoms with E-state index in [1.54, 1.807) is 13.8 Å². The highest BCUT2D eigenvalue weighted by molar-refractivity contribution is 4.85. The number of hydrogen-bond acceptors (Lipinski definition) is 2. The molecule has 0 saturated carbocycles. The molecule has 2 N–H and O–H groups in total. The molecule has 0 aromatic rings. The van der Waals surface area contributed by atoms with Crippen LogP contribution in [0.1, 0.15) is 13.8 Å². The lowest BCUT2D eigenvalue weighted by molar-refractivity contribution is 0.313. The molecule has 0 aromatic heterocycles. The Kier molecular flexibility index (Phi) is 9.07. The molecule has 0 bridgehead atoms. The van der Waals surface area contributed by atoms with Crippen molar-refractivity contribution in [3.05, 3.63) is 37.5 Å². The molecule has 0 spiro atoms. The van der Waals surface area contributed by atoms with Gasteiger partial charge in [-0.25, -0.2) is 0 Å². The first kappa shape index (κ1) is 11.6. The zero-order chi connectivity index (χ0) is 8.57. The minimum atomic E-state index is 0.688. The van der Waals surface area contributed by atoms with Gasteiger partial charge in [0.15, 0.2) is 0 Å². The third kappa shape index (κ3) is 29.0. The van der Waals surface area contributed by atoms with Crippen LogP contribution in [0.2, 0.25) is 0 Å². The molecule has 0 fully saturated rings. The molecule has 0 heterocycles. The van der Waals surface area contributed by atoms with Crippen LogP contribution < -0.4 is 5.73 Å². The predicted octanol–water partition coefficient (Wildman–Crippen LogP) is 2.16. The van der Waals surface area contributed by atoms with E-state index in [1.807, 2.05) is 0 Å². The normalized spacial score (nSPS) is 6.60. The van der Waals surface area contributed by atoms with Crippen molar-refractivity contribution in [1.29, 1.82) is 0 Å². The molecule has 0 radical (unpaired) electrons. The van der Waals surface area contributed by atoms with Crippen LogP contribution in [-0.4, -0.2) is 0 Å². The highest BCUT2D eigenvalue weighted by Gasteiger charge is 1.80. The molecule has 0 unspecified atom stereocenters. The van der Waals surface area contributed by atoms with E-state index in [9.17, 15) is 0 Å². The number of allylic oxidation sites excluding steroid dienone is 2. The molecule has 0 saturated heterocycles. The lowest BCUT2D eigenvalue weighted by Crippen LogP contribution is -1.78. The zero-order valence-electron chi connectivity index (χ0n) is 6.68. The second-order valence-electron chi connectivity index (χ2n) is 1.74. The first-order valence-corrected chi connectivity index (χ1v) is 2.86. The van der Waals surface area contributed by atoms with Crippen molar-refractivity contribution >= 4 is 0 Å². The van der Waals surface area contributed by atoms with E-state index >= 15 is 0 Å². The number of ether oxygens (including phenoxy) is 1. The minimum absolute atomic E-state index is 0.688. The summed E-state index contributed by atoms with van der Waals surface area (Å²) in [6.45, 7) is 13.7. The van der Waals surface area contributed by atoms with Gasteiger partial charge in [0.1, 0.15) is 0 Å². The van der Waals surface area contributed by atoms with E-state index in [2.05, 4.69) is 25.5 Å². The van der Waals surface area contributed by atoms with Crippen molar-refractivity contribution < 1.29 is 4.74 Å². The van der Waals surface area contributed by atoms with E-state index in [1.165, 1.54) is 6.20 Å². The summed E-state index contributed by atoms with van der Waals surface area (Å²) in [6, 6.07) is 0. The van der Waals surface area contributed by atoms with Gasteiger partial charge in [-0.15, -0.1) is 0 Å². The van der Waals surface area contributed by atoms with Crippen LogP contribution in [0, 0.1) is 0 Å². The molecule has 0 aromatic carbocycles. The smallest absolute Gasteiger partial charge is 0.0933 e. The third-order valence-corrected chi connectivity index (χ3v) is 0.348. The Labute approximate surface area is 62.7 Å². The molecule has 0 rings (SSSR count). The molecule has 2 heteroatoms. The summed E-state index contributed by atoms with van der Waals surface area (Å²) >= 11 is 0. The topological polar surface area (TPSA) is 35.2 Å². The largest absolute Gasteiger partial charge is 0.468 e. The molecule has 0 aliphatic heterocycles. The Morgan fingerprint density at radius 1 is 1.30 bits per heavy atom. The Morgan fingerprint density at radius 2 is 1.50 bits per heavy atom. The molecular formula is C8H15NO. The van der Waals surface area contributed by atoms with Crippen LogP contribution in [0.3, 0.4) is 0 Å². The average molecular weight is 141 g/mol. The van der Waals surface area contributed by atoms with Crippen molar-refractivity contribution in [1.82, 2.24) is 0 Å². The van der Waals surface area contributed by atoms with Gasteiger partial charge in [0, 0.05) is 0 Å². The van der Waals surface area contributed by atoms with Crippen LogP contribution in [0.15, 0.2) is 37.5 Å². The highest BCUT2D eigenvalue weighted by atomic mass is 16.5. The maximum Gasteiger partial charge on any atom is 0.0933 e. The fraction of sp³-hybridized carbons (Fsp3) is 0.250. The summed E-state index contributed by atoms with van der Waals surface area (Å²) in [6.07, 6.45) is 1.25. The molecule has 0 aliphatic carbocycles. The first-order chi connectivity index (χ1) is 4.54. The fourth-order valence-electron chi connectivity index (χ4n) is 0.297. The Bertz CT molecular complexity index is 115. The highest BCUT2D eigenvalue weighted by Crippen LogP contribution is 1.97. The molecule has 58 valence electrons. The van der Waals surface area contributed by atoms with E-state index in [0.717, 1.165) is 0 Å². The van der Waals surface area contributed by atoms with Gasteiger partial charge in [-0.05, 0) is 20.0 Å². The number of rotatable bonds is 2. The van der Waals surface area contributed by atoms with Gasteiger partial charge in [0.05, 0.1) is 11.5 Å². The SMILES string of the molecule is C=C(C)OC(=C)C.C=CN. The summed E-state index contributed by atoms with van der Waals surface area (Å²) in [7, 11) is 0. The predicted molar refractivity (Wildman–Crippen MR) is 45.1 cm³/mol. The Hall–Kier alpha value is -1.18. The standard InChI is InChI=1S/C6H10O.C2H5N/c1-5(2)7-6(3)4;1-2-3/h1,3H2,2,4H3;2H,1,3H2. The van der Waals surface area contributed by atoms with Gasteiger partial charge in [0.25, 0.3) is 0 Å². The van der Waals surface area contributed by atoms with E-state index in [4.69, 9.17) is 4.74 Å². The maximum absolute atomic E-state index is 4.86. The van der Waals surface area contributed by atoms with Gasteiger partial charge in [-0.1, -0.05) is 19.7 Å². The van der Waals surface area contributed by atoms with Crippen LogP contribution in [0.25, 0.3) is 0 Å². The third-order valence-electron chi connectivity index (χ3n) is 0.348. The van der Waals surface area contributed by atoms with Crippen molar-refractivity contribution in [2.75, 3.05) is 0 Å². The van der Waals surface area contributed by atoms with E-state index in [0.29, 0.717) is 11.5 Å². The summed E-state index contributed by atoms with van der Waals surface area (Å²) in [5, 5.41) is 0. The molecule has 0 aliphatic rings. The van der Waals surface area contributed by atoms with E-state index in [-0.39, 0.29) is 0 Å². The van der Waals surface area contributed by atoms with Gasteiger partial charge in [0.2, 0.25) is 0 Å². The van der Waals surface area contributed by atoms with Gasteiger partial charge < -0.3 is 10.5 Å². The van der Waals surface area contributed by atoms with Crippen molar-refractivity contribution in [2.24, 2.45) is 5.73 Å². The van der Waals surface area contributed by atoms with Crippen LogP contribution in [0.5, 0.6) is 0 Å². The monoisotopic (exact) mass is 141 g/mol. The maximum atomic E-state index is 4.86. The van der Waals surface area contributed by atoms with Crippen molar-refractivity contribution in [3.8, 4) is 0 Å². The average Bonchev–Trinajstić information content (AvgIpc) is 1.62. The van der Waals surface area contributed by atoms with Gasteiger partial charge in [-0.3, -0.25) is 0 Å². The molecule has 10 heavy (non-hydrogen) atoms. The van der Waals surface area contributed by atoms with Crippen molar-refractivity contribution in [2.45, 2.75) is 13.8 Å². The Morgan fingerprint density at radius 3 is 1.50 bits per heavy atom. The molecule has 0 amide bonds. The number of hydrogen-bond donors (Lipinski definition) is 1. The Balaban J connectivity index is 0. The quantitative estimate of drug-likeness (QED) is 0.598. The van der Waals surface area contributed by atoms with Crippen LogP contribution in [-0.2, 0) is 4.74 Å². The van der Waals surface area contributed by atoms with Gasteiger partial charge >= 0.3 is 0 Å². The van der Waals surface area contributed by atoms with Crippen LogP contribution >= 0.6 is 0 Å². The lowest BCUT2D eigenvalue weighted by atomic mass is 10.6. The first-order valence-electron chi connectivity index (χ1n) is 2.86. The summed E-state index contributed by atoms with van der Waals surface area (Å²) < 4.78 is 4.86. The molecule has 2 nitrogen and oxygen atoms in total.